The minimum atomic E-state index is -1.16. The number of ether oxygens (including phenoxy) is 1. The van der Waals surface area contributed by atoms with E-state index in [1.807, 2.05) is 18.2 Å². The number of esters is 1. The number of carboxylic acid groups (broad SMARTS) is 1. The maximum absolute atomic E-state index is 11.0. The molecule has 0 saturated carbocycles. The largest absolute Gasteiger partial charge is 0.478 e. The van der Waals surface area contributed by atoms with Crippen molar-refractivity contribution in [3.05, 3.63) is 48.0 Å². The van der Waals surface area contributed by atoms with Crippen LogP contribution >= 0.6 is 0 Å². The lowest BCUT2D eigenvalue weighted by atomic mass is 10.1. The van der Waals surface area contributed by atoms with Gasteiger partial charge in [0.2, 0.25) is 0 Å². The van der Waals surface area contributed by atoms with E-state index >= 15 is 0 Å². The number of carboxylic acids is 1. The van der Waals surface area contributed by atoms with Gasteiger partial charge < -0.3 is 9.84 Å². The number of carbonyl (C=O) groups is 2. The van der Waals surface area contributed by atoms with Gasteiger partial charge >= 0.3 is 11.9 Å². The molecule has 0 amide bonds. The fraction of sp³-hybridized carbons (Fsp3) is 0.286. The number of aryl methyl sites for hydroxylation is 1. The van der Waals surface area contributed by atoms with Crippen molar-refractivity contribution in [2.24, 2.45) is 0 Å². The maximum atomic E-state index is 11.0. The lowest BCUT2D eigenvalue weighted by Crippen LogP contribution is -2.03. The first-order valence-corrected chi connectivity index (χ1v) is 5.80. The zero-order chi connectivity index (χ0) is 13.2. The molecule has 0 heterocycles. The SMILES string of the molecule is O=C(O)C=CC(=O)OCCCCc1ccccc1. The fourth-order valence-electron chi connectivity index (χ4n) is 1.44. The molecule has 1 aromatic rings. The first kappa shape index (κ1) is 14.0. The summed E-state index contributed by atoms with van der Waals surface area (Å²) < 4.78 is 4.84. The van der Waals surface area contributed by atoms with Crippen molar-refractivity contribution in [1.29, 1.82) is 0 Å². The van der Waals surface area contributed by atoms with Crippen LogP contribution in [-0.4, -0.2) is 23.7 Å². The molecule has 0 aromatic heterocycles. The predicted octanol–water partition coefficient (Wildman–Crippen LogP) is 2.19. The maximum Gasteiger partial charge on any atom is 0.331 e. The van der Waals surface area contributed by atoms with Gasteiger partial charge in [-0.3, -0.25) is 0 Å². The Morgan fingerprint density at radius 3 is 2.50 bits per heavy atom. The van der Waals surface area contributed by atoms with Crippen LogP contribution in [-0.2, 0) is 20.7 Å². The fourth-order valence-corrected chi connectivity index (χ4v) is 1.44. The molecule has 96 valence electrons. The molecule has 0 bridgehead atoms. The van der Waals surface area contributed by atoms with E-state index in [4.69, 9.17) is 9.84 Å². The second kappa shape index (κ2) is 8.06. The monoisotopic (exact) mass is 248 g/mol. The summed E-state index contributed by atoms with van der Waals surface area (Å²) in [4.78, 5) is 21.2. The van der Waals surface area contributed by atoms with E-state index in [2.05, 4.69) is 12.1 Å². The predicted molar refractivity (Wildman–Crippen MR) is 67.1 cm³/mol. The number of hydrogen-bond donors (Lipinski definition) is 1. The molecule has 0 radical (unpaired) electrons. The Labute approximate surface area is 106 Å². The summed E-state index contributed by atoms with van der Waals surface area (Å²) in [5.74, 6) is -1.77. The van der Waals surface area contributed by atoms with Crippen molar-refractivity contribution in [3.8, 4) is 0 Å². The van der Waals surface area contributed by atoms with Gasteiger partial charge in [-0.1, -0.05) is 30.3 Å². The molecule has 0 atom stereocenters. The molecular weight excluding hydrogens is 232 g/mol. The highest BCUT2D eigenvalue weighted by molar-refractivity contribution is 5.90. The van der Waals surface area contributed by atoms with Gasteiger partial charge in [-0.2, -0.15) is 0 Å². The summed E-state index contributed by atoms with van der Waals surface area (Å²) in [6.45, 7) is 0.315. The van der Waals surface area contributed by atoms with Gasteiger partial charge in [-0.15, -0.1) is 0 Å². The van der Waals surface area contributed by atoms with Crippen molar-refractivity contribution in [2.75, 3.05) is 6.61 Å². The lowest BCUT2D eigenvalue weighted by molar-refractivity contribution is -0.138. The second-order valence-electron chi connectivity index (χ2n) is 3.78. The van der Waals surface area contributed by atoms with Crippen LogP contribution in [0.5, 0.6) is 0 Å². The Bertz CT molecular complexity index is 409. The number of benzene rings is 1. The first-order chi connectivity index (χ1) is 8.68. The van der Waals surface area contributed by atoms with E-state index in [1.165, 1.54) is 5.56 Å². The highest BCUT2D eigenvalue weighted by Gasteiger charge is 1.98. The molecule has 1 rings (SSSR count). The topological polar surface area (TPSA) is 63.6 Å². The van der Waals surface area contributed by atoms with Crippen LogP contribution in [0, 0.1) is 0 Å². The van der Waals surface area contributed by atoms with Crippen molar-refractivity contribution < 1.29 is 19.4 Å². The number of unbranched alkanes of at least 4 members (excludes halogenated alkanes) is 1. The summed E-state index contributed by atoms with van der Waals surface area (Å²) >= 11 is 0. The van der Waals surface area contributed by atoms with Gasteiger partial charge in [-0.25, -0.2) is 9.59 Å². The number of carbonyl (C=O) groups excluding carboxylic acids is 1. The number of hydrogen-bond acceptors (Lipinski definition) is 3. The van der Waals surface area contributed by atoms with Gasteiger partial charge in [0, 0.05) is 12.2 Å². The Morgan fingerprint density at radius 1 is 1.11 bits per heavy atom. The number of rotatable bonds is 7. The summed E-state index contributed by atoms with van der Waals surface area (Å²) in [6.07, 6.45) is 4.33. The van der Waals surface area contributed by atoms with Crippen molar-refractivity contribution in [2.45, 2.75) is 19.3 Å². The third-order valence-corrected chi connectivity index (χ3v) is 2.31. The molecule has 0 fully saturated rings. The Kier molecular flexibility index (Phi) is 6.25. The van der Waals surface area contributed by atoms with Gasteiger partial charge in [0.15, 0.2) is 0 Å². The van der Waals surface area contributed by atoms with Crippen LogP contribution in [0.2, 0.25) is 0 Å². The third kappa shape index (κ3) is 6.48. The average molecular weight is 248 g/mol. The van der Waals surface area contributed by atoms with Crippen molar-refractivity contribution in [3.63, 3.8) is 0 Å². The molecule has 4 heteroatoms. The van der Waals surface area contributed by atoms with E-state index in [9.17, 15) is 9.59 Å². The standard InChI is InChI=1S/C14H16O4/c15-13(16)9-10-14(17)18-11-5-4-8-12-6-2-1-3-7-12/h1-3,6-7,9-10H,4-5,8,11H2,(H,15,16). The quantitative estimate of drug-likeness (QED) is 0.456. The van der Waals surface area contributed by atoms with Gasteiger partial charge in [0.1, 0.15) is 0 Å². The summed E-state index contributed by atoms with van der Waals surface area (Å²) in [5, 5.41) is 8.30. The van der Waals surface area contributed by atoms with Crippen LogP contribution in [0.25, 0.3) is 0 Å². The molecule has 0 aliphatic heterocycles. The molecule has 1 N–H and O–H groups in total. The van der Waals surface area contributed by atoms with Crippen LogP contribution in [0.1, 0.15) is 18.4 Å². The van der Waals surface area contributed by atoms with E-state index in [1.54, 1.807) is 0 Å². The molecule has 0 spiro atoms. The van der Waals surface area contributed by atoms with Gasteiger partial charge in [-0.05, 0) is 24.8 Å². The van der Waals surface area contributed by atoms with Crippen LogP contribution in [0.4, 0.5) is 0 Å². The highest BCUT2D eigenvalue weighted by atomic mass is 16.5. The van der Waals surface area contributed by atoms with Crippen molar-refractivity contribution >= 4 is 11.9 Å². The van der Waals surface area contributed by atoms with Crippen LogP contribution < -0.4 is 0 Å². The van der Waals surface area contributed by atoms with E-state index in [-0.39, 0.29) is 0 Å². The molecule has 0 unspecified atom stereocenters. The molecule has 0 aliphatic carbocycles. The summed E-state index contributed by atoms with van der Waals surface area (Å²) in [7, 11) is 0. The zero-order valence-electron chi connectivity index (χ0n) is 10.0. The Balaban J connectivity index is 2.09. The molecule has 0 aliphatic rings. The first-order valence-electron chi connectivity index (χ1n) is 5.80. The Morgan fingerprint density at radius 2 is 1.83 bits per heavy atom. The van der Waals surface area contributed by atoms with E-state index in [0.717, 1.165) is 31.4 Å². The highest BCUT2D eigenvalue weighted by Crippen LogP contribution is 2.04. The minimum absolute atomic E-state index is 0.315. The molecule has 4 nitrogen and oxygen atoms in total. The van der Waals surface area contributed by atoms with Gasteiger partial charge in [0.25, 0.3) is 0 Å². The average Bonchev–Trinajstić information content (AvgIpc) is 2.37. The molecule has 0 saturated heterocycles. The molecule has 1 aromatic carbocycles. The van der Waals surface area contributed by atoms with Crippen molar-refractivity contribution in [1.82, 2.24) is 0 Å². The van der Waals surface area contributed by atoms with Crippen LogP contribution in [0.15, 0.2) is 42.5 Å². The molecule has 18 heavy (non-hydrogen) atoms. The smallest absolute Gasteiger partial charge is 0.331 e. The Hall–Kier alpha value is -2.10. The second-order valence-corrected chi connectivity index (χ2v) is 3.78. The summed E-state index contributed by atoms with van der Waals surface area (Å²) in [5.41, 5.74) is 1.26. The van der Waals surface area contributed by atoms with E-state index in [0.29, 0.717) is 6.61 Å². The zero-order valence-corrected chi connectivity index (χ0v) is 10.0. The number of aliphatic carboxylic acids is 1. The lowest BCUT2D eigenvalue weighted by Gasteiger charge is -2.02. The normalized spacial score (nSPS) is 10.4. The third-order valence-electron chi connectivity index (χ3n) is 2.31. The van der Waals surface area contributed by atoms with Gasteiger partial charge in [0.05, 0.1) is 6.61 Å². The molecular formula is C14H16O4. The van der Waals surface area contributed by atoms with Crippen LogP contribution in [0.3, 0.4) is 0 Å². The minimum Gasteiger partial charge on any atom is -0.478 e. The summed E-state index contributed by atoms with van der Waals surface area (Å²) in [6, 6.07) is 10.1. The van der Waals surface area contributed by atoms with E-state index < -0.39 is 11.9 Å².